The molecule has 0 unspecified atom stereocenters. The largest absolute Gasteiger partial charge is 0.446 e. The molecule has 0 N–H and O–H groups in total. The summed E-state index contributed by atoms with van der Waals surface area (Å²) in [6, 6.07) is 5.91. The maximum atomic E-state index is 12.0. The van der Waals surface area contributed by atoms with Gasteiger partial charge < -0.3 is 4.90 Å². The number of aryl methyl sites for hydroxylation is 1. The summed E-state index contributed by atoms with van der Waals surface area (Å²) >= 11 is 7.43. The van der Waals surface area contributed by atoms with Crippen LogP contribution in [0.5, 0.6) is 0 Å². The van der Waals surface area contributed by atoms with Crippen LogP contribution in [0.15, 0.2) is 27.5 Å². The van der Waals surface area contributed by atoms with Crippen LogP contribution in [-0.4, -0.2) is 31.2 Å². The monoisotopic (exact) mass is 305 g/mol. The van der Waals surface area contributed by atoms with Gasteiger partial charge in [-0.05, 0) is 19.1 Å². The molecule has 0 radical (unpaired) electrons. The van der Waals surface area contributed by atoms with Gasteiger partial charge in [-0.2, -0.15) is 0 Å². The van der Waals surface area contributed by atoms with Crippen molar-refractivity contribution in [3.8, 4) is 5.69 Å². The van der Waals surface area contributed by atoms with Gasteiger partial charge in [-0.3, -0.25) is 4.52 Å². The Morgan fingerprint density at radius 3 is 3.20 bits per heavy atom. The fraction of sp³-hybridized carbons (Fsp3) is 0.308. The van der Waals surface area contributed by atoms with Gasteiger partial charge in [-0.25, -0.2) is 9.36 Å². The minimum Gasteiger partial charge on any atom is -0.342 e. The van der Waals surface area contributed by atoms with Crippen molar-refractivity contribution >= 4 is 29.0 Å². The minimum atomic E-state index is -0.452. The number of hydrogen-bond acceptors (Lipinski definition) is 5. The molecule has 4 rings (SSSR count). The summed E-state index contributed by atoms with van der Waals surface area (Å²) in [5.74, 6) is 1.87. The number of benzene rings is 1. The zero-order chi connectivity index (χ0) is 13.9. The van der Waals surface area contributed by atoms with Gasteiger partial charge in [-0.15, -0.1) is 11.8 Å². The molecular weight excluding hydrogens is 294 g/mol. The summed E-state index contributed by atoms with van der Waals surface area (Å²) < 4.78 is 6.43. The second-order valence-electron chi connectivity index (χ2n) is 4.95. The number of aromatic nitrogens is 2. The van der Waals surface area contributed by atoms with E-state index in [1.165, 1.54) is 0 Å². The third kappa shape index (κ3) is 1.53. The lowest BCUT2D eigenvalue weighted by molar-refractivity contribution is 0.353. The molecule has 0 spiro atoms. The summed E-state index contributed by atoms with van der Waals surface area (Å²) in [6.45, 7) is 2.02. The zero-order valence-corrected chi connectivity index (χ0v) is 12.3. The highest BCUT2D eigenvalue weighted by Gasteiger charge is 2.38. The zero-order valence-electron chi connectivity index (χ0n) is 10.7. The van der Waals surface area contributed by atoms with Crippen molar-refractivity contribution < 1.29 is 4.52 Å². The summed E-state index contributed by atoms with van der Waals surface area (Å²) in [6.07, 6.45) is 0. The number of thioether (sulfide) groups is 1. The van der Waals surface area contributed by atoms with Crippen molar-refractivity contribution in [1.29, 1.82) is 0 Å². The fourth-order valence-corrected chi connectivity index (χ4v) is 4.32. The third-order valence-electron chi connectivity index (χ3n) is 3.69. The molecule has 1 saturated heterocycles. The summed E-state index contributed by atoms with van der Waals surface area (Å²) in [5.41, 5.74) is 2.78. The molecular formula is C13H11N3O2S2. The van der Waals surface area contributed by atoms with Crippen LogP contribution in [0.2, 0.25) is 0 Å². The van der Waals surface area contributed by atoms with Crippen molar-refractivity contribution in [1.82, 2.24) is 14.6 Å². The number of hydrogen-bond donors (Lipinski definition) is 0. The van der Waals surface area contributed by atoms with E-state index in [-0.39, 0.29) is 6.04 Å². The fourth-order valence-electron chi connectivity index (χ4n) is 2.72. The van der Waals surface area contributed by atoms with Crippen LogP contribution in [0, 0.1) is 6.92 Å². The molecule has 2 aliphatic heterocycles. The number of thiocarbonyl (C=S) groups is 1. The smallest absolute Gasteiger partial charge is 0.342 e. The molecule has 102 valence electrons. The maximum absolute atomic E-state index is 12.0. The van der Waals surface area contributed by atoms with Gasteiger partial charge in [-0.1, -0.05) is 29.0 Å². The van der Waals surface area contributed by atoms with E-state index in [0.29, 0.717) is 5.82 Å². The van der Waals surface area contributed by atoms with E-state index in [2.05, 4.69) is 10.1 Å². The lowest BCUT2D eigenvalue weighted by Crippen LogP contribution is -2.29. The first-order chi connectivity index (χ1) is 9.66. The van der Waals surface area contributed by atoms with Crippen molar-refractivity contribution in [2.75, 3.05) is 11.6 Å². The standard InChI is InChI=1S/C13H11N3O2S2/c1-7-2-3-9-8(4-7)12(19)15-6-20-5-10(15)11-14-18-13(17)16(9)11/h2-4,10H,5-6H2,1H3/t10-/m0/s1. The van der Waals surface area contributed by atoms with E-state index in [9.17, 15) is 4.79 Å². The second kappa shape index (κ2) is 4.20. The highest BCUT2D eigenvalue weighted by Crippen LogP contribution is 2.38. The van der Waals surface area contributed by atoms with E-state index < -0.39 is 5.76 Å². The van der Waals surface area contributed by atoms with Gasteiger partial charge in [0.05, 0.1) is 11.6 Å². The molecule has 0 amide bonds. The van der Waals surface area contributed by atoms with E-state index >= 15 is 0 Å². The minimum absolute atomic E-state index is 0.00616. The first-order valence-corrected chi connectivity index (χ1v) is 7.81. The molecule has 0 bridgehead atoms. The second-order valence-corrected chi connectivity index (χ2v) is 6.34. The normalized spacial score (nSPS) is 20.4. The number of fused-ring (bicyclic) bond motifs is 5. The molecule has 1 fully saturated rings. The Hall–Kier alpha value is -1.60. The molecule has 3 heterocycles. The van der Waals surface area contributed by atoms with E-state index in [0.717, 1.165) is 33.4 Å². The molecule has 2 aliphatic rings. The quantitative estimate of drug-likeness (QED) is 0.693. The molecule has 1 aromatic heterocycles. The van der Waals surface area contributed by atoms with Gasteiger partial charge in [0.2, 0.25) is 0 Å². The average molecular weight is 305 g/mol. The van der Waals surface area contributed by atoms with Crippen molar-refractivity contribution in [2.24, 2.45) is 0 Å². The Morgan fingerprint density at radius 2 is 2.35 bits per heavy atom. The molecule has 1 aromatic carbocycles. The molecule has 7 heteroatoms. The molecule has 1 atom stereocenters. The van der Waals surface area contributed by atoms with Crippen molar-refractivity contribution in [3.05, 3.63) is 45.7 Å². The van der Waals surface area contributed by atoms with E-state index in [4.69, 9.17) is 16.7 Å². The Balaban J connectivity index is 2.09. The lowest BCUT2D eigenvalue weighted by atomic mass is 10.1. The summed E-state index contributed by atoms with van der Waals surface area (Å²) in [4.78, 5) is 14.9. The Kier molecular flexibility index (Phi) is 2.55. The molecule has 0 aliphatic carbocycles. The summed E-state index contributed by atoms with van der Waals surface area (Å²) in [5, 5.41) is 3.98. The van der Waals surface area contributed by atoms with Crippen LogP contribution < -0.4 is 5.76 Å². The van der Waals surface area contributed by atoms with E-state index in [1.807, 2.05) is 25.1 Å². The molecule has 0 saturated carbocycles. The van der Waals surface area contributed by atoms with Gasteiger partial charge in [0.15, 0.2) is 5.82 Å². The van der Waals surface area contributed by atoms with Crippen molar-refractivity contribution in [2.45, 2.75) is 13.0 Å². The topological polar surface area (TPSA) is 51.3 Å². The highest BCUT2D eigenvalue weighted by molar-refractivity contribution is 7.99. The SMILES string of the molecule is Cc1ccc2c(c1)C(=S)N1CSC[C@H]1c1noc(=O)n1-2. The highest BCUT2D eigenvalue weighted by atomic mass is 32.2. The third-order valence-corrected chi connectivity index (χ3v) is 5.16. The molecule has 20 heavy (non-hydrogen) atoms. The van der Waals surface area contributed by atoms with Crippen LogP contribution in [0.1, 0.15) is 23.0 Å². The van der Waals surface area contributed by atoms with Crippen LogP contribution >= 0.6 is 24.0 Å². The van der Waals surface area contributed by atoms with Gasteiger partial charge in [0, 0.05) is 11.3 Å². The van der Waals surface area contributed by atoms with Crippen LogP contribution in [0.3, 0.4) is 0 Å². The van der Waals surface area contributed by atoms with Crippen LogP contribution in [0.25, 0.3) is 5.69 Å². The number of nitrogens with zero attached hydrogens (tertiary/aromatic N) is 3. The first-order valence-electron chi connectivity index (χ1n) is 6.25. The predicted octanol–water partition coefficient (Wildman–Crippen LogP) is 1.87. The van der Waals surface area contributed by atoms with Crippen LogP contribution in [-0.2, 0) is 0 Å². The van der Waals surface area contributed by atoms with Gasteiger partial charge in [0.25, 0.3) is 0 Å². The van der Waals surface area contributed by atoms with E-state index in [1.54, 1.807) is 16.3 Å². The maximum Gasteiger partial charge on any atom is 0.446 e. The van der Waals surface area contributed by atoms with Gasteiger partial charge in [0.1, 0.15) is 11.0 Å². The van der Waals surface area contributed by atoms with Gasteiger partial charge >= 0.3 is 5.76 Å². The number of rotatable bonds is 0. The first kappa shape index (κ1) is 12.2. The molecule has 2 aromatic rings. The predicted molar refractivity (Wildman–Crippen MR) is 80.4 cm³/mol. The summed E-state index contributed by atoms with van der Waals surface area (Å²) in [7, 11) is 0. The Morgan fingerprint density at radius 1 is 1.50 bits per heavy atom. The Bertz CT molecular complexity index is 780. The van der Waals surface area contributed by atoms with Crippen molar-refractivity contribution in [3.63, 3.8) is 0 Å². The Labute approximate surface area is 124 Å². The lowest BCUT2D eigenvalue weighted by Gasteiger charge is -2.22. The van der Waals surface area contributed by atoms with Crippen LogP contribution in [0.4, 0.5) is 0 Å². The average Bonchev–Trinajstić information content (AvgIpc) is 3.02. The molecule has 5 nitrogen and oxygen atoms in total.